The average Bonchev–Trinajstić information content (AvgIpc) is 2.41. The van der Waals surface area contributed by atoms with Crippen molar-refractivity contribution in [3.63, 3.8) is 0 Å². The lowest BCUT2D eigenvalue weighted by Crippen LogP contribution is -2.33. The van der Waals surface area contributed by atoms with E-state index in [1.165, 1.54) is 6.07 Å². The van der Waals surface area contributed by atoms with Crippen molar-refractivity contribution in [2.24, 2.45) is 0 Å². The molecule has 8 nitrogen and oxygen atoms in total. The van der Waals surface area contributed by atoms with E-state index in [2.05, 4.69) is 4.72 Å². The molecular weight excluding hydrogens is 288 g/mol. The molecule has 9 heteroatoms. The Hall–Kier alpha value is -1.87. The Morgan fingerprint density at radius 3 is 2.55 bits per heavy atom. The Labute approximate surface area is 115 Å². The number of anilines is 1. The molecule has 1 aromatic rings. The number of phenols is 1. The summed E-state index contributed by atoms with van der Waals surface area (Å²) in [5, 5.41) is 19.6. The maximum absolute atomic E-state index is 12.1. The molecule has 1 aromatic carbocycles. The van der Waals surface area contributed by atoms with E-state index >= 15 is 0 Å². The molecule has 1 aliphatic heterocycles. The molecule has 0 atom stereocenters. The topological polar surface area (TPSA) is 119 Å². The van der Waals surface area contributed by atoms with Gasteiger partial charge in [-0.15, -0.1) is 0 Å². The number of hydrogen-bond donors (Lipinski definition) is 2. The molecule has 0 aromatic heterocycles. The van der Waals surface area contributed by atoms with E-state index in [-0.39, 0.29) is 11.4 Å². The lowest BCUT2D eigenvalue weighted by Gasteiger charge is -2.22. The third-order valence-corrected chi connectivity index (χ3v) is 4.91. The first-order valence-electron chi connectivity index (χ1n) is 5.97. The Morgan fingerprint density at radius 2 is 2.00 bits per heavy atom. The van der Waals surface area contributed by atoms with E-state index in [1.54, 1.807) is 0 Å². The molecule has 0 spiro atoms. The van der Waals surface area contributed by atoms with Gasteiger partial charge >= 0.3 is 0 Å². The van der Waals surface area contributed by atoms with Gasteiger partial charge in [0.25, 0.3) is 5.69 Å². The summed E-state index contributed by atoms with van der Waals surface area (Å²) in [6.45, 7) is 0.746. The second kappa shape index (κ2) is 5.63. The number of non-ortho nitro benzene ring substituents is 1. The number of ether oxygens (including phenoxy) is 1. The van der Waals surface area contributed by atoms with Crippen molar-refractivity contribution in [1.29, 1.82) is 0 Å². The maximum atomic E-state index is 12.1. The van der Waals surface area contributed by atoms with Gasteiger partial charge in [0, 0.05) is 19.3 Å². The SMILES string of the molecule is O=[N+]([O-])c1ccc(NS(=O)(=O)C2CCOCC2)c(O)c1. The van der Waals surface area contributed by atoms with Crippen molar-refractivity contribution >= 4 is 21.4 Å². The third kappa shape index (κ3) is 3.17. The molecule has 1 saturated heterocycles. The summed E-state index contributed by atoms with van der Waals surface area (Å²) >= 11 is 0. The van der Waals surface area contributed by atoms with Gasteiger partial charge in [0.2, 0.25) is 10.0 Å². The number of sulfonamides is 1. The van der Waals surface area contributed by atoms with E-state index in [9.17, 15) is 23.6 Å². The van der Waals surface area contributed by atoms with Gasteiger partial charge in [0.15, 0.2) is 0 Å². The van der Waals surface area contributed by atoms with E-state index in [0.29, 0.717) is 26.1 Å². The molecule has 0 saturated carbocycles. The summed E-state index contributed by atoms with van der Waals surface area (Å²) in [6.07, 6.45) is 0.756. The van der Waals surface area contributed by atoms with Crippen LogP contribution in [-0.2, 0) is 14.8 Å². The minimum absolute atomic E-state index is 0.0675. The first-order valence-corrected chi connectivity index (χ1v) is 7.51. The van der Waals surface area contributed by atoms with Gasteiger partial charge in [-0.1, -0.05) is 0 Å². The minimum atomic E-state index is -3.65. The molecule has 110 valence electrons. The van der Waals surface area contributed by atoms with Crippen LogP contribution in [0.3, 0.4) is 0 Å². The molecule has 0 amide bonds. The summed E-state index contributed by atoms with van der Waals surface area (Å²) in [5.41, 5.74) is -0.376. The van der Waals surface area contributed by atoms with Gasteiger partial charge in [-0.05, 0) is 18.9 Å². The highest BCUT2D eigenvalue weighted by molar-refractivity contribution is 7.93. The van der Waals surface area contributed by atoms with Crippen LogP contribution in [0.4, 0.5) is 11.4 Å². The standard InChI is InChI=1S/C11H14N2O6S/c14-11-7-8(13(15)16)1-2-10(11)12-20(17,18)9-3-5-19-6-4-9/h1-2,7,9,12,14H,3-6H2. The summed E-state index contributed by atoms with van der Waals surface area (Å²) in [6, 6.07) is 3.20. The second-order valence-corrected chi connectivity index (χ2v) is 6.38. The quantitative estimate of drug-likeness (QED) is 0.490. The minimum Gasteiger partial charge on any atom is -0.505 e. The Morgan fingerprint density at radius 1 is 1.35 bits per heavy atom. The van der Waals surface area contributed by atoms with Crippen molar-refractivity contribution in [3.8, 4) is 5.75 Å². The van der Waals surface area contributed by atoms with Gasteiger partial charge < -0.3 is 9.84 Å². The second-order valence-electron chi connectivity index (χ2n) is 4.42. The molecule has 0 unspecified atom stereocenters. The zero-order chi connectivity index (χ0) is 14.8. The van der Waals surface area contributed by atoms with Crippen LogP contribution in [0.1, 0.15) is 12.8 Å². The van der Waals surface area contributed by atoms with Crippen molar-refractivity contribution in [2.45, 2.75) is 18.1 Å². The molecule has 1 heterocycles. The van der Waals surface area contributed by atoms with Gasteiger partial charge in [-0.25, -0.2) is 8.42 Å². The molecule has 0 aliphatic carbocycles. The number of rotatable bonds is 4. The Kier molecular flexibility index (Phi) is 4.09. The first-order chi connectivity index (χ1) is 9.40. The predicted octanol–water partition coefficient (Wildman–Crippen LogP) is 1.22. The van der Waals surface area contributed by atoms with Crippen LogP contribution in [0.2, 0.25) is 0 Å². The molecule has 20 heavy (non-hydrogen) atoms. The van der Waals surface area contributed by atoms with Crippen LogP contribution in [0.5, 0.6) is 5.75 Å². The number of nitro benzene ring substituents is 1. The highest BCUT2D eigenvalue weighted by atomic mass is 32.2. The van der Waals surface area contributed by atoms with Crippen molar-refractivity contribution in [3.05, 3.63) is 28.3 Å². The van der Waals surface area contributed by atoms with Crippen LogP contribution in [-0.4, -0.2) is 36.9 Å². The normalized spacial score (nSPS) is 16.8. The summed E-state index contributed by atoms with van der Waals surface area (Å²) < 4.78 is 31.6. The van der Waals surface area contributed by atoms with E-state index in [4.69, 9.17) is 4.74 Å². The molecule has 0 radical (unpaired) electrons. The molecule has 0 bridgehead atoms. The zero-order valence-electron chi connectivity index (χ0n) is 10.5. The van der Waals surface area contributed by atoms with Crippen molar-refractivity contribution in [1.82, 2.24) is 0 Å². The molecule has 2 N–H and O–H groups in total. The monoisotopic (exact) mass is 302 g/mol. The van der Waals surface area contributed by atoms with Crippen LogP contribution in [0, 0.1) is 10.1 Å². The smallest absolute Gasteiger partial charge is 0.273 e. The molecular formula is C11H14N2O6S. The van der Waals surface area contributed by atoms with Gasteiger partial charge in [0.1, 0.15) is 5.75 Å². The van der Waals surface area contributed by atoms with Gasteiger partial charge in [0.05, 0.1) is 21.9 Å². The number of hydrogen-bond acceptors (Lipinski definition) is 6. The van der Waals surface area contributed by atoms with E-state index in [1.807, 2.05) is 0 Å². The third-order valence-electron chi connectivity index (χ3n) is 3.05. The Balaban J connectivity index is 2.18. The molecule has 1 fully saturated rings. The fraction of sp³-hybridized carbons (Fsp3) is 0.455. The average molecular weight is 302 g/mol. The first kappa shape index (κ1) is 14.5. The fourth-order valence-corrected chi connectivity index (χ4v) is 3.40. The fourth-order valence-electron chi connectivity index (χ4n) is 1.94. The predicted molar refractivity (Wildman–Crippen MR) is 71.1 cm³/mol. The number of benzene rings is 1. The Bertz CT molecular complexity index is 609. The van der Waals surface area contributed by atoms with Crippen molar-refractivity contribution < 1.29 is 23.2 Å². The van der Waals surface area contributed by atoms with E-state index in [0.717, 1.165) is 12.1 Å². The summed E-state index contributed by atoms with van der Waals surface area (Å²) in [5.74, 6) is -0.477. The van der Waals surface area contributed by atoms with Crippen LogP contribution in [0.25, 0.3) is 0 Å². The van der Waals surface area contributed by atoms with Crippen LogP contribution >= 0.6 is 0 Å². The van der Waals surface area contributed by atoms with Crippen LogP contribution in [0.15, 0.2) is 18.2 Å². The summed E-state index contributed by atoms with van der Waals surface area (Å²) in [4.78, 5) is 9.87. The maximum Gasteiger partial charge on any atom is 0.273 e. The number of nitrogens with one attached hydrogen (secondary N) is 1. The largest absolute Gasteiger partial charge is 0.505 e. The van der Waals surface area contributed by atoms with E-state index < -0.39 is 25.9 Å². The number of aromatic hydroxyl groups is 1. The van der Waals surface area contributed by atoms with Gasteiger partial charge in [-0.2, -0.15) is 0 Å². The molecule has 2 rings (SSSR count). The highest BCUT2D eigenvalue weighted by Crippen LogP contribution is 2.30. The zero-order valence-corrected chi connectivity index (χ0v) is 11.3. The lowest BCUT2D eigenvalue weighted by atomic mass is 10.2. The van der Waals surface area contributed by atoms with Crippen LogP contribution < -0.4 is 4.72 Å². The van der Waals surface area contributed by atoms with Crippen molar-refractivity contribution in [2.75, 3.05) is 17.9 Å². The molecule has 1 aliphatic rings. The number of nitro groups is 1. The van der Waals surface area contributed by atoms with Gasteiger partial charge in [-0.3, -0.25) is 14.8 Å². The summed E-state index contributed by atoms with van der Waals surface area (Å²) in [7, 11) is -3.65. The highest BCUT2D eigenvalue weighted by Gasteiger charge is 2.28. The number of phenolic OH excluding ortho intramolecular Hbond substituents is 1. The lowest BCUT2D eigenvalue weighted by molar-refractivity contribution is -0.384. The number of nitrogens with zero attached hydrogens (tertiary/aromatic N) is 1.